The molecule has 0 heterocycles. The summed E-state index contributed by atoms with van der Waals surface area (Å²) in [4.78, 5) is 28.5. The molecule has 0 radical (unpaired) electrons. The van der Waals surface area contributed by atoms with Gasteiger partial charge in [0.15, 0.2) is 0 Å². The highest BCUT2D eigenvalue weighted by molar-refractivity contribution is 7.92. The van der Waals surface area contributed by atoms with Crippen LogP contribution in [0.25, 0.3) is 0 Å². The van der Waals surface area contributed by atoms with Crippen LogP contribution in [0.5, 0.6) is 0 Å². The first-order valence-electron chi connectivity index (χ1n) is 13.0. The van der Waals surface area contributed by atoms with Gasteiger partial charge >= 0.3 is 0 Å². The summed E-state index contributed by atoms with van der Waals surface area (Å²) in [6.45, 7) is 7.57. The molecular formula is C30H36FN3O4S. The number of sulfonamides is 1. The lowest BCUT2D eigenvalue weighted by Gasteiger charge is -2.33. The number of nitrogens with zero attached hydrogens (tertiary/aromatic N) is 2. The smallest absolute Gasteiger partial charge is 0.264 e. The molecule has 7 nitrogen and oxygen atoms in total. The van der Waals surface area contributed by atoms with Gasteiger partial charge in [0, 0.05) is 13.1 Å². The molecule has 0 aliphatic heterocycles. The van der Waals surface area contributed by atoms with Crippen molar-refractivity contribution in [3.8, 4) is 0 Å². The van der Waals surface area contributed by atoms with E-state index in [2.05, 4.69) is 5.32 Å². The van der Waals surface area contributed by atoms with Crippen molar-refractivity contribution in [1.82, 2.24) is 10.2 Å². The van der Waals surface area contributed by atoms with Gasteiger partial charge in [0.1, 0.15) is 18.4 Å². The maximum atomic E-state index is 13.9. The first kappa shape index (κ1) is 29.8. The van der Waals surface area contributed by atoms with Crippen molar-refractivity contribution < 1.29 is 22.4 Å². The van der Waals surface area contributed by atoms with Crippen LogP contribution in [0.4, 0.5) is 10.1 Å². The van der Waals surface area contributed by atoms with E-state index in [1.165, 1.54) is 29.2 Å². The molecule has 0 spiro atoms. The number of anilines is 1. The van der Waals surface area contributed by atoms with E-state index in [4.69, 9.17) is 0 Å². The molecule has 3 rings (SSSR count). The first-order valence-corrected chi connectivity index (χ1v) is 14.5. The summed E-state index contributed by atoms with van der Waals surface area (Å²) in [5.74, 6) is -1.37. The minimum Gasteiger partial charge on any atom is -0.354 e. The van der Waals surface area contributed by atoms with E-state index < -0.39 is 34.3 Å². The minimum atomic E-state index is -4.19. The molecule has 0 unspecified atom stereocenters. The molecule has 0 aliphatic rings. The maximum Gasteiger partial charge on any atom is 0.264 e. The Balaban J connectivity index is 2.03. The lowest BCUT2D eigenvalue weighted by atomic mass is 10.1. The quantitative estimate of drug-likeness (QED) is 0.343. The van der Waals surface area contributed by atoms with E-state index in [0.29, 0.717) is 13.0 Å². The van der Waals surface area contributed by atoms with Crippen molar-refractivity contribution in [1.29, 1.82) is 0 Å². The fraction of sp³-hybridized carbons (Fsp3) is 0.333. The predicted octanol–water partition coefficient (Wildman–Crippen LogP) is 4.97. The molecule has 9 heteroatoms. The van der Waals surface area contributed by atoms with Gasteiger partial charge in [0.2, 0.25) is 11.8 Å². The number of rotatable bonds is 12. The largest absolute Gasteiger partial charge is 0.354 e. The van der Waals surface area contributed by atoms with Gasteiger partial charge in [-0.1, -0.05) is 61.4 Å². The summed E-state index contributed by atoms with van der Waals surface area (Å²) < 4.78 is 42.3. The Morgan fingerprint density at radius 3 is 1.97 bits per heavy atom. The monoisotopic (exact) mass is 553 g/mol. The average Bonchev–Trinajstić information content (AvgIpc) is 2.92. The number of nitrogens with one attached hydrogen (secondary N) is 1. The normalized spacial score (nSPS) is 12.0. The summed E-state index contributed by atoms with van der Waals surface area (Å²) in [6.07, 6.45) is 1.08. The molecule has 0 fully saturated rings. The Morgan fingerprint density at radius 2 is 1.44 bits per heavy atom. The van der Waals surface area contributed by atoms with Crippen LogP contribution >= 0.6 is 0 Å². The zero-order valence-electron chi connectivity index (χ0n) is 22.9. The summed E-state index contributed by atoms with van der Waals surface area (Å²) in [5.41, 5.74) is 2.89. The van der Waals surface area contributed by atoms with Crippen molar-refractivity contribution in [3.63, 3.8) is 0 Å². The van der Waals surface area contributed by atoms with E-state index in [1.54, 1.807) is 12.1 Å². The number of amides is 2. The molecule has 39 heavy (non-hydrogen) atoms. The molecule has 2 amide bonds. The van der Waals surface area contributed by atoms with Crippen molar-refractivity contribution in [3.05, 3.63) is 95.3 Å². The second kappa shape index (κ2) is 13.4. The third kappa shape index (κ3) is 7.66. The van der Waals surface area contributed by atoms with Gasteiger partial charge in [-0.15, -0.1) is 0 Å². The number of hydrogen-bond acceptors (Lipinski definition) is 4. The lowest BCUT2D eigenvalue weighted by Crippen LogP contribution is -2.52. The molecule has 0 saturated heterocycles. The molecule has 3 aromatic carbocycles. The molecule has 1 atom stereocenters. The molecule has 0 saturated carbocycles. The highest BCUT2D eigenvalue weighted by Crippen LogP contribution is 2.25. The first-order chi connectivity index (χ1) is 18.6. The summed E-state index contributed by atoms with van der Waals surface area (Å²) >= 11 is 0. The summed E-state index contributed by atoms with van der Waals surface area (Å²) in [6, 6.07) is 18.0. The van der Waals surface area contributed by atoms with Crippen molar-refractivity contribution in [2.75, 3.05) is 17.4 Å². The van der Waals surface area contributed by atoms with Gasteiger partial charge in [-0.05, 0) is 68.7 Å². The maximum absolute atomic E-state index is 13.9. The van der Waals surface area contributed by atoms with E-state index >= 15 is 0 Å². The Bertz CT molecular complexity index is 1360. The highest BCUT2D eigenvalue weighted by Gasteiger charge is 2.33. The van der Waals surface area contributed by atoms with Crippen LogP contribution < -0.4 is 9.62 Å². The number of benzene rings is 3. The zero-order chi connectivity index (χ0) is 28.6. The van der Waals surface area contributed by atoms with Gasteiger partial charge in [-0.25, -0.2) is 12.8 Å². The summed E-state index contributed by atoms with van der Waals surface area (Å²) in [7, 11) is -4.19. The Morgan fingerprint density at radius 1 is 0.872 bits per heavy atom. The van der Waals surface area contributed by atoms with E-state index in [9.17, 15) is 22.4 Å². The molecular weight excluding hydrogens is 517 g/mol. The van der Waals surface area contributed by atoms with Gasteiger partial charge in [-0.2, -0.15) is 0 Å². The van der Waals surface area contributed by atoms with E-state index in [1.807, 2.05) is 52.0 Å². The molecule has 3 aromatic rings. The standard InChI is InChI=1S/C30H36FN3O4S/c1-5-19-32-30(36)28(6-2)33(20-24-11-7-22(3)8-12-24)29(35)21-34(26-15-13-25(31)14-16-26)39(37,38)27-17-9-23(4)10-18-27/h7-18,28H,5-6,19-21H2,1-4H3,(H,32,36)/t28-/m0/s1. The van der Waals surface area contributed by atoms with Crippen LogP contribution in [-0.2, 0) is 26.2 Å². The number of hydrogen-bond donors (Lipinski definition) is 1. The Kier molecular flexibility index (Phi) is 10.2. The number of carbonyl (C=O) groups excluding carboxylic acids is 2. The number of carbonyl (C=O) groups is 2. The molecule has 0 aliphatic carbocycles. The fourth-order valence-electron chi connectivity index (χ4n) is 4.15. The summed E-state index contributed by atoms with van der Waals surface area (Å²) in [5, 5.41) is 2.86. The third-order valence-corrected chi connectivity index (χ3v) is 8.20. The molecule has 0 aromatic heterocycles. The zero-order valence-corrected chi connectivity index (χ0v) is 23.7. The third-order valence-electron chi connectivity index (χ3n) is 6.41. The average molecular weight is 554 g/mol. The van der Waals surface area contributed by atoms with Crippen molar-refractivity contribution in [2.24, 2.45) is 0 Å². The van der Waals surface area contributed by atoms with Crippen LogP contribution in [0.15, 0.2) is 77.7 Å². The van der Waals surface area contributed by atoms with Crippen LogP contribution in [-0.4, -0.2) is 44.3 Å². The Labute approximate surface area is 230 Å². The van der Waals surface area contributed by atoms with Crippen molar-refractivity contribution in [2.45, 2.75) is 58.0 Å². The molecule has 1 N–H and O–H groups in total. The number of aryl methyl sites for hydroxylation is 2. The topological polar surface area (TPSA) is 86.8 Å². The lowest BCUT2D eigenvalue weighted by molar-refractivity contribution is -0.140. The molecule has 0 bridgehead atoms. The van der Waals surface area contributed by atoms with Gasteiger partial charge in [0.25, 0.3) is 10.0 Å². The number of halogens is 1. The van der Waals surface area contributed by atoms with Crippen LogP contribution in [0.2, 0.25) is 0 Å². The SMILES string of the molecule is CCCNC(=O)[C@H](CC)N(Cc1ccc(C)cc1)C(=O)CN(c1ccc(F)cc1)S(=O)(=O)c1ccc(C)cc1. The fourth-order valence-corrected chi connectivity index (χ4v) is 5.56. The van der Waals surface area contributed by atoms with Crippen LogP contribution in [0.1, 0.15) is 43.4 Å². The van der Waals surface area contributed by atoms with Gasteiger partial charge < -0.3 is 10.2 Å². The van der Waals surface area contributed by atoms with Gasteiger partial charge in [-0.3, -0.25) is 13.9 Å². The van der Waals surface area contributed by atoms with E-state index in [-0.39, 0.29) is 23.0 Å². The van der Waals surface area contributed by atoms with E-state index in [0.717, 1.165) is 39.5 Å². The highest BCUT2D eigenvalue weighted by atomic mass is 32.2. The van der Waals surface area contributed by atoms with Gasteiger partial charge in [0.05, 0.1) is 10.6 Å². The van der Waals surface area contributed by atoms with Crippen LogP contribution in [0, 0.1) is 19.7 Å². The second-order valence-electron chi connectivity index (χ2n) is 9.52. The minimum absolute atomic E-state index is 0.00281. The van der Waals surface area contributed by atoms with Crippen LogP contribution in [0.3, 0.4) is 0 Å². The second-order valence-corrected chi connectivity index (χ2v) is 11.4. The van der Waals surface area contributed by atoms with Crippen molar-refractivity contribution >= 4 is 27.5 Å². The Hall–Kier alpha value is -3.72. The predicted molar refractivity (Wildman–Crippen MR) is 151 cm³/mol. The molecule has 208 valence electrons.